The maximum absolute atomic E-state index is 13.1. The summed E-state index contributed by atoms with van der Waals surface area (Å²) in [4.78, 5) is 31.1. The number of amides is 2. The Balaban J connectivity index is 1.56. The van der Waals surface area contributed by atoms with Crippen LogP contribution in [0.15, 0.2) is 42.5 Å². The summed E-state index contributed by atoms with van der Waals surface area (Å²) in [7, 11) is 0. The Hall–Kier alpha value is -3.52. The standard InChI is InChI=1S/C22H20N4O4/c1-11-29-17-7-6-12(8-18(17)30-11)21-20-14(13-4-2-3-5-15(13)24-20)9-16-22(28)25(23)10-19(27)26(16)21/h2-8,11,16,21,24H,9-10,23H2,1H3/t11?,16?,21-/m1/s1/i11D. The van der Waals surface area contributed by atoms with E-state index in [4.69, 9.17) is 16.7 Å². The number of aromatic amines is 1. The molecule has 152 valence electrons. The number of fused-ring (bicyclic) bond motifs is 5. The Kier molecular flexibility index (Phi) is 3.25. The first-order valence-electron chi connectivity index (χ1n) is 10.3. The number of nitrogens with two attached hydrogens (primary N) is 1. The van der Waals surface area contributed by atoms with E-state index in [1.807, 2.05) is 30.3 Å². The number of piperazine rings is 1. The number of nitrogens with zero attached hydrogens (tertiary/aromatic N) is 2. The topological polar surface area (TPSA) is 101 Å². The first-order chi connectivity index (χ1) is 14.8. The molecule has 0 aliphatic carbocycles. The Morgan fingerprint density at radius 3 is 2.83 bits per heavy atom. The number of hydrazine groups is 1. The molecule has 1 aromatic heterocycles. The third kappa shape index (κ3) is 2.31. The lowest BCUT2D eigenvalue weighted by molar-refractivity contribution is -0.158. The summed E-state index contributed by atoms with van der Waals surface area (Å²) in [6.45, 7) is 1.35. The highest BCUT2D eigenvalue weighted by Gasteiger charge is 2.48. The molecule has 4 heterocycles. The van der Waals surface area contributed by atoms with Gasteiger partial charge in [0.1, 0.15) is 14.0 Å². The third-order valence-corrected chi connectivity index (χ3v) is 6.08. The van der Waals surface area contributed by atoms with Gasteiger partial charge in [-0.05, 0) is 29.3 Å². The molecule has 0 spiro atoms. The van der Waals surface area contributed by atoms with Crippen LogP contribution in [0.4, 0.5) is 0 Å². The molecule has 8 heteroatoms. The van der Waals surface area contributed by atoms with Crippen molar-refractivity contribution in [3.05, 3.63) is 59.3 Å². The van der Waals surface area contributed by atoms with Crippen molar-refractivity contribution in [2.24, 2.45) is 5.84 Å². The molecular weight excluding hydrogens is 384 g/mol. The zero-order valence-corrected chi connectivity index (χ0v) is 16.2. The monoisotopic (exact) mass is 405 g/mol. The van der Waals surface area contributed by atoms with Crippen molar-refractivity contribution in [1.29, 1.82) is 0 Å². The van der Waals surface area contributed by atoms with Crippen LogP contribution >= 0.6 is 0 Å². The molecule has 2 unspecified atom stereocenters. The maximum atomic E-state index is 13.1. The average Bonchev–Trinajstić information content (AvgIpc) is 3.25. The van der Waals surface area contributed by atoms with Gasteiger partial charge < -0.3 is 19.4 Å². The molecule has 3 aliphatic rings. The van der Waals surface area contributed by atoms with Gasteiger partial charge in [0.05, 0.1) is 6.04 Å². The van der Waals surface area contributed by atoms with Crippen LogP contribution in [0.2, 0.25) is 0 Å². The molecule has 1 fully saturated rings. The molecule has 0 saturated carbocycles. The lowest BCUT2D eigenvalue weighted by atomic mass is 9.86. The molecule has 1 saturated heterocycles. The molecule has 2 amide bonds. The summed E-state index contributed by atoms with van der Waals surface area (Å²) in [5, 5.41) is 2.03. The van der Waals surface area contributed by atoms with Gasteiger partial charge >= 0.3 is 0 Å². The number of rotatable bonds is 1. The lowest BCUT2D eigenvalue weighted by Crippen LogP contribution is -2.64. The first-order valence-corrected chi connectivity index (χ1v) is 9.81. The number of ether oxygens (including phenoxy) is 2. The highest BCUT2D eigenvalue weighted by Crippen LogP contribution is 2.45. The van der Waals surface area contributed by atoms with E-state index in [2.05, 4.69) is 4.98 Å². The Morgan fingerprint density at radius 1 is 1.17 bits per heavy atom. The smallest absolute Gasteiger partial charge is 0.260 e. The maximum Gasteiger partial charge on any atom is 0.260 e. The lowest BCUT2D eigenvalue weighted by Gasteiger charge is -2.46. The predicted molar refractivity (Wildman–Crippen MR) is 108 cm³/mol. The van der Waals surface area contributed by atoms with Crippen LogP contribution < -0.4 is 15.3 Å². The highest BCUT2D eigenvalue weighted by atomic mass is 16.7. The van der Waals surface area contributed by atoms with Crippen LogP contribution in [0, 0.1) is 0 Å². The number of hydrogen-bond donors (Lipinski definition) is 2. The minimum absolute atomic E-state index is 0.170. The Bertz CT molecular complexity index is 1270. The van der Waals surface area contributed by atoms with E-state index in [-0.39, 0.29) is 18.4 Å². The van der Waals surface area contributed by atoms with Crippen molar-refractivity contribution in [1.82, 2.24) is 14.9 Å². The van der Waals surface area contributed by atoms with E-state index in [1.54, 1.807) is 17.0 Å². The number of aromatic nitrogens is 1. The van der Waals surface area contributed by atoms with Gasteiger partial charge in [-0.2, -0.15) is 0 Å². The summed E-state index contributed by atoms with van der Waals surface area (Å²) in [5.74, 6) is 6.25. The summed E-state index contributed by atoms with van der Waals surface area (Å²) < 4.78 is 19.1. The number of benzene rings is 2. The molecule has 30 heavy (non-hydrogen) atoms. The van der Waals surface area contributed by atoms with Crippen molar-refractivity contribution in [2.75, 3.05) is 6.54 Å². The van der Waals surface area contributed by atoms with Crippen molar-refractivity contribution in [3.63, 3.8) is 0 Å². The summed E-state index contributed by atoms with van der Waals surface area (Å²) >= 11 is 0. The average molecular weight is 405 g/mol. The van der Waals surface area contributed by atoms with Gasteiger partial charge in [-0.25, -0.2) is 5.84 Å². The molecule has 0 bridgehead atoms. The van der Waals surface area contributed by atoms with E-state index in [0.29, 0.717) is 17.9 Å². The second-order valence-electron chi connectivity index (χ2n) is 7.85. The molecule has 3 aromatic rings. The van der Waals surface area contributed by atoms with Gasteiger partial charge in [-0.3, -0.25) is 14.6 Å². The van der Waals surface area contributed by atoms with Gasteiger partial charge in [0, 0.05) is 29.9 Å². The number of H-pyrrole nitrogens is 1. The van der Waals surface area contributed by atoms with Gasteiger partial charge in [0.25, 0.3) is 5.91 Å². The van der Waals surface area contributed by atoms with Crippen LogP contribution in [0.25, 0.3) is 10.9 Å². The minimum Gasteiger partial charge on any atom is -0.451 e. The molecule has 3 N–H and O–H groups in total. The predicted octanol–water partition coefficient (Wildman–Crippen LogP) is 1.84. The van der Waals surface area contributed by atoms with Gasteiger partial charge in [-0.15, -0.1) is 0 Å². The zero-order chi connectivity index (χ0) is 21.5. The number of nitrogens with one attached hydrogen (secondary N) is 1. The van der Waals surface area contributed by atoms with E-state index >= 15 is 0 Å². The van der Waals surface area contributed by atoms with E-state index < -0.39 is 18.3 Å². The van der Waals surface area contributed by atoms with E-state index in [9.17, 15) is 9.59 Å². The SMILES string of the molecule is [2H]C1(C)Oc2ccc([C@@H]3c4[nH]c5ccccc5c4CC4C(=O)N(N)CC(=O)N43)cc2O1. The fraction of sp³-hybridized carbons (Fsp3) is 0.273. The van der Waals surface area contributed by atoms with Crippen molar-refractivity contribution < 1.29 is 20.4 Å². The van der Waals surface area contributed by atoms with Crippen LogP contribution in [0.3, 0.4) is 0 Å². The van der Waals surface area contributed by atoms with Gasteiger partial charge in [-0.1, -0.05) is 24.3 Å². The molecule has 2 aromatic carbocycles. The fourth-order valence-electron chi connectivity index (χ4n) is 4.82. The molecule has 0 radical (unpaired) electrons. The minimum atomic E-state index is -1.50. The molecule has 3 aliphatic heterocycles. The second-order valence-corrected chi connectivity index (χ2v) is 7.85. The molecule has 6 rings (SSSR count). The van der Waals surface area contributed by atoms with Crippen LogP contribution in [-0.2, 0) is 16.0 Å². The summed E-state index contributed by atoms with van der Waals surface area (Å²) in [5.41, 5.74) is 3.59. The van der Waals surface area contributed by atoms with Gasteiger partial charge in [0.2, 0.25) is 12.2 Å². The zero-order valence-electron chi connectivity index (χ0n) is 17.2. The first kappa shape index (κ1) is 16.3. The Labute approximate surface area is 173 Å². The Morgan fingerprint density at radius 2 is 1.97 bits per heavy atom. The van der Waals surface area contributed by atoms with E-state index in [0.717, 1.165) is 32.7 Å². The van der Waals surface area contributed by atoms with E-state index in [1.165, 1.54) is 6.92 Å². The quantitative estimate of drug-likeness (QED) is 0.475. The van der Waals surface area contributed by atoms with Crippen molar-refractivity contribution in [3.8, 4) is 11.5 Å². The number of hydrogen-bond acceptors (Lipinski definition) is 5. The van der Waals surface area contributed by atoms with Gasteiger partial charge in [0.15, 0.2) is 11.5 Å². The number of carbonyl (C=O) groups excluding carboxylic acids is 2. The molecule has 3 atom stereocenters. The molecular formula is C22H20N4O4. The molecule has 8 nitrogen and oxygen atoms in total. The number of carbonyl (C=O) groups is 2. The van der Waals surface area contributed by atoms with Crippen LogP contribution in [0.5, 0.6) is 11.5 Å². The van der Waals surface area contributed by atoms with Crippen molar-refractivity contribution in [2.45, 2.75) is 31.7 Å². The summed E-state index contributed by atoms with van der Waals surface area (Å²) in [6.07, 6.45) is -1.11. The third-order valence-electron chi connectivity index (χ3n) is 6.08. The summed E-state index contributed by atoms with van der Waals surface area (Å²) in [6, 6.07) is 12.1. The largest absolute Gasteiger partial charge is 0.451 e. The highest BCUT2D eigenvalue weighted by molar-refractivity contribution is 5.97. The fourth-order valence-corrected chi connectivity index (χ4v) is 4.82. The van der Waals surface area contributed by atoms with Crippen LogP contribution in [0.1, 0.15) is 31.2 Å². The normalized spacial score (nSPS) is 27.9. The van der Waals surface area contributed by atoms with Crippen molar-refractivity contribution >= 4 is 22.7 Å². The number of para-hydroxylation sites is 1. The van der Waals surface area contributed by atoms with Crippen LogP contribution in [-0.4, -0.2) is 45.6 Å². The second kappa shape index (κ2) is 5.99.